The SMILES string of the molecule is COc1ccc(CNCc2nn(Cc3ccccc3F)nc2-c2ccccc2)cc1. The third-order valence-electron chi connectivity index (χ3n) is 4.82. The molecule has 0 atom stereocenters. The number of hydrogen-bond acceptors (Lipinski definition) is 4. The van der Waals surface area contributed by atoms with E-state index in [1.54, 1.807) is 24.0 Å². The summed E-state index contributed by atoms with van der Waals surface area (Å²) >= 11 is 0. The zero-order valence-electron chi connectivity index (χ0n) is 16.8. The number of benzene rings is 3. The fraction of sp³-hybridized carbons (Fsp3) is 0.167. The predicted octanol–water partition coefficient (Wildman–Crippen LogP) is 4.43. The number of ether oxygens (including phenoxy) is 1. The van der Waals surface area contributed by atoms with E-state index in [0.717, 1.165) is 28.3 Å². The average Bonchev–Trinajstić information content (AvgIpc) is 3.19. The van der Waals surface area contributed by atoms with Crippen molar-refractivity contribution >= 4 is 0 Å². The predicted molar refractivity (Wildman–Crippen MR) is 114 cm³/mol. The van der Waals surface area contributed by atoms with Crippen LogP contribution >= 0.6 is 0 Å². The Balaban J connectivity index is 1.52. The second-order valence-corrected chi connectivity index (χ2v) is 6.93. The van der Waals surface area contributed by atoms with Gasteiger partial charge in [0.2, 0.25) is 0 Å². The maximum atomic E-state index is 14.1. The van der Waals surface area contributed by atoms with Crippen LogP contribution in [-0.2, 0) is 19.6 Å². The topological polar surface area (TPSA) is 52.0 Å². The molecule has 30 heavy (non-hydrogen) atoms. The molecule has 0 saturated carbocycles. The van der Waals surface area contributed by atoms with Gasteiger partial charge in [0.25, 0.3) is 0 Å². The van der Waals surface area contributed by atoms with Crippen LogP contribution in [0.4, 0.5) is 4.39 Å². The van der Waals surface area contributed by atoms with Crippen LogP contribution in [0, 0.1) is 5.82 Å². The molecule has 0 aliphatic carbocycles. The van der Waals surface area contributed by atoms with Gasteiger partial charge in [-0.2, -0.15) is 15.0 Å². The third-order valence-corrected chi connectivity index (χ3v) is 4.82. The Morgan fingerprint density at radius 1 is 0.867 bits per heavy atom. The summed E-state index contributed by atoms with van der Waals surface area (Å²) in [6.45, 7) is 1.52. The van der Waals surface area contributed by atoms with Gasteiger partial charge >= 0.3 is 0 Å². The van der Waals surface area contributed by atoms with Crippen LogP contribution in [0.3, 0.4) is 0 Å². The van der Waals surface area contributed by atoms with Gasteiger partial charge in [0.05, 0.1) is 13.7 Å². The standard InChI is InChI=1S/C24H23FN4O/c1-30-21-13-11-18(12-14-21)15-26-16-23-24(19-7-3-2-4-8-19)28-29(27-23)17-20-9-5-6-10-22(20)25/h2-14,26H,15-17H2,1H3. The minimum Gasteiger partial charge on any atom is -0.497 e. The van der Waals surface area contributed by atoms with E-state index >= 15 is 0 Å². The van der Waals surface area contributed by atoms with Crippen molar-refractivity contribution in [1.82, 2.24) is 20.3 Å². The van der Waals surface area contributed by atoms with E-state index in [1.165, 1.54) is 6.07 Å². The summed E-state index contributed by atoms with van der Waals surface area (Å²) in [5.41, 5.74) is 4.32. The monoisotopic (exact) mass is 402 g/mol. The number of aromatic nitrogens is 3. The highest BCUT2D eigenvalue weighted by Gasteiger charge is 2.14. The first-order chi connectivity index (χ1) is 14.7. The lowest BCUT2D eigenvalue weighted by molar-refractivity contribution is 0.414. The first-order valence-corrected chi connectivity index (χ1v) is 9.79. The van der Waals surface area contributed by atoms with Gasteiger partial charge in [0.1, 0.15) is 23.0 Å². The van der Waals surface area contributed by atoms with Crippen LogP contribution in [0.15, 0.2) is 78.9 Å². The van der Waals surface area contributed by atoms with Crippen molar-refractivity contribution in [3.05, 3.63) is 102 Å². The molecule has 3 aromatic carbocycles. The van der Waals surface area contributed by atoms with E-state index in [4.69, 9.17) is 4.74 Å². The Morgan fingerprint density at radius 2 is 1.60 bits per heavy atom. The molecule has 0 aliphatic rings. The van der Waals surface area contributed by atoms with Gasteiger partial charge in [0, 0.05) is 24.2 Å². The molecule has 0 spiro atoms. The van der Waals surface area contributed by atoms with E-state index < -0.39 is 0 Å². The Kier molecular flexibility index (Phi) is 6.15. The molecule has 6 heteroatoms. The number of hydrogen-bond donors (Lipinski definition) is 1. The van der Waals surface area contributed by atoms with E-state index in [-0.39, 0.29) is 12.4 Å². The quantitative estimate of drug-likeness (QED) is 0.474. The number of rotatable bonds is 8. The van der Waals surface area contributed by atoms with E-state index in [0.29, 0.717) is 18.7 Å². The van der Waals surface area contributed by atoms with Crippen molar-refractivity contribution in [2.75, 3.05) is 7.11 Å². The molecule has 1 aromatic heterocycles. The molecule has 4 rings (SSSR count). The Bertz CT molecular complexity index is 1090. The lowest BCUT2D eigenvalue weighted by atomic mass is 10.1. The minimum atomic E-state index is -0.254. The van der Waals surface area contributed by atoms with Gasteiger partial charge in [-0.1, -0.05) is 60.7 Å². The molecule has 4 aromatic rings. The summed E-state index contributed by atoms with van der Waals surface area (Å²) in [6.07, 6.45) is 0. The fourth-order valence-electron chi connectivity index (χ4n) is 3.24. The highest BCUT2D eigenvalue weighted by Crippen LogP contribution is 2.21. The van der Waals surface area contributed by atoms with Gasteiger partial charge in [-0.05, 0) is 23.8 Å². The summed E-state index contributed by atoms with van der Waals surface area (Å²) in [6, 6.07) is 24.6. The second kappa shape index (κ2) is 9.33. The van der Waals surface area contributed by atoms with Gasteiger partial charge in [-0.15, -0.1) is 0 Å². The molecular weight excluding hydrogens is 379 g/mol. The van der Waals surface area contributed by atoms with Crippen molar-refractivity contribution in [3.63, 3.8) is 0 Å². The summed E-state index contributed by atoms with van der Waals surface area (Å²) in [7, 11) is 1.66. The van der Waals surface area contributed by atoms with E-state index in [2.05, 4.69) is 15.5 Å². The maximum Gasteiger partial charge on any atom is 0.128 e. The summed E-state index contributed by atoms with van der Waals surface area (Å²) < 4.78 is 19.3. The van der Waals surface area contributed by atoms with Gasteiger partial charge in [-0.25, -0.2) is 4.39 Å². The summed E-state index contributed by atoms with van der Waals surface area (Å²) in [5.74, 6) is 0.580. The van der Waals surface area contributed by atoms with E-state index in [9.17, 15) is 4.39 Å². The Labute approximate surface area is 175 Å². The Hall–Kier alpha value is -3.51. The average molecular weight is 402 g/mol. The second-order valence-electron chi connectivity index (χ2n) is 6.93. The lowest BCUT2D eigenvalue weighted by Crippen LogP contribution is -2.14. The van der Waals surface area contributed by atoms with Crippen molar-refractivity contribution in [1.29, 1.82) is 0 Å². The number of nitrogens with one attached hydrogen (secondary N) is 1. The fourth-order valence-corrected chi connectivity index (χ4v) is 3.24. The number of nitrogens with zero attached hydrogens (tertiary/aromatic N) is 3. The smallest absolute Gasteiger partial charge is 0.128 e. The molecular formula is C24H23FN4O. The van der Waals surface area contributed by atoms with Crippen LogP contribution in [0.5, 0.6) is 5.75 Å². The van der Waals surface area contributed by atoms with Crippen LogP contribution in [0.25, 0.3) is 11.3 Å². The molecule has 1 heterocycles. The highest BCUT2D eigenvalue weighted by atomic mass is 19.1. The van der Waals surface area contributed by atoms with Crippen molar-refractivity contribution in [2.24, 2.45) is 0 Å². The molecule has 0 unspecified atom stereocenters. The third kappa shape index (κ3) is 4.72. The molecule has 0 radical (unpaired) electrons. The molecule has 0 fully saturated rings. The lowest BCUT2D eigenvalue weighted by Gasteiger charge is -2.06. The van der Waals surface area contributed by atoms with Crippen molar-refractivity contribution < 1.29 is 9.13 Å². The largest absolute Gasteiger partial charge is 0.497 e. The molecule has 0 aliphatic heterocycles. The zero-order chi connectivity index (χ0) is 20.8. The molecule has 0 bridgehead atoms. The van der Waals surface area contributed by atoms with Crippen LogP contribution in [0.2, 0.25) is 0 Å². The van der Waals surface area contributed by atoms with Crippen molar-refractivity contribution in [2.45, 2.75) is 19.6 Å². The molecule has 152 valence electrons. The summed E-state index contributed by atoms with van der Waals surface area (Å²) in [4.78, 5) is 1.56. The first kappa shape index (κ1) is 19.8. The van der Waals surface area contributed by atoms with E-state index in [1.807, 2.05) is 60.7 Å². The molecule has 0 amide bonds. The number of methoxy groups -OCH3 is 1. The van der Waals surface area contributed by atoms with Crippen molar-refractivity contribution in [3.8, 4) is 17.0 Å². The summed E-state index contributed by atoms with van der Waals surface area (Å²) in [5, 5.41) is 12.7. The van der Waals surface area contributed by atoms with Crippen LogP contribution in [-0.4, -0.2) is 22.1 Å². The molecule has 1 N–H and O–H groups in total. The van der Waals surface area contributed by atoms with Gasteiger partial charge < -0.3 is 10.1 Å². The van der Waals surface area contributed by atoms with Gasteiger partial charge in [-0.3, -0.25) is 0 Å². The highest BCUT2D eigenvalue weighted by molar-refractivity contribution is 5.60. The van der Waals surface area contributed by atoms with Crippen LogP contribution in [0.1, 0.15) is 16.8 Å². The molecule has 5 nitrogen and oxygen atoms in total. The minimum absolute atomic E-state index is 0.254. The Morgan fingerprint density at radius 3 is 2.33 bits per heavy atom. The zero-order valence-corrected chi connectivity index (χ0v) is 16.8. The maximum absolute atomic E-state index is 14.1. The molecule has 0 saturated heterocycles. The normalized spacial score (nSPS) is 10.9. The van der Waals surface area contributed by atoms with Crippen LogP contribution < -0.4 is 10.1 Å². The first-order valence-electron chi connectivity index (χ1n) is 9.79. The number of halogens is 1. The van der Waals surface area contributed by atoms with Gasteiger partial charge in [0.15, 0.2) is 0 Å².